The van der Waals surface area contributed by atoms with E-state index in [1.807, 2.05) is 26.8 Å². The zero-order valence-corrected chi connectivity index (χ0v) is 27.9. The quantitative estimate of drug-likeness (QED) is 0.149. The lowest BCUT2D eigenvalue weighted by Crippen LogP contribution is -2.26. The summed E-state index contributed by atoms with van der Waals surface area (Å²) in [6.07, 6.45) is 0.812. The van der Waals surface area contributed by atoms with Gasteiger partial charge in [0.25, 0.3) is 11.5 Å². The second kappa shape index (κ2) is 17.6. The van der Waals surface area contributed by atoms with Crippen LogP contribution >= 0.6 is 11.8 Å². The second-order valence-corrected chi connectivity index (χ2v) is 11.4. The standard InChI is InChI=1S/C32H38F2N6O2S.C2H6/c1-5-39(6-2)18-9-16-36-32-37-28(24-20-22(13-12-21(24)4)31(42)35-17-19-43-7-3)23-14-15-27(41)40(30(23)38-32)29-25(33)10-8-11-26(29)34;1-2/h8,10-15,20H,5-7,9,16-19H2,1-4H3,(H,35,42)(H,36,37,38);1-2H3. The molecule has 0 aliphatic rings. The van der Waals surface area contributed by atoms with Gasteiger partial charge in [-0.15, -0.1) is 0 Å². The Hall–Kier alpha value is -3.83. The minimum Gasteiger partial charge on any atom is -0.354 e. The van der Waals surface area contributed by atoms with Crippen molar-refractivity contribution in [2.75, 3.05) is 49.5 Å². The maximum absolute atomic E-state index is 15.0. The van der Waals surface area contributed by atoms with Crippen molar-refractivity contribution in [3.8, 4) is 16.9 Å². The molecule has 4 aromatic rings. The van der Waals surface area contributed by atoms with Crippen LogP contribution in [0.3, 0.4) is 0 Å². The monoisotopic (exact) mass is 638 g/mol. The van der Waals surface area contributed by atoms with Gasteiger partial charge in [0.15, 0.2) is 5.65 Å². The summed E-state index contributed by atoms with van der Waals surface area (Å²) in [7, 11) is 0. The number of fused-ring (bicyclic) bond motifs is 1. The Kier molecular flexibility index (Phi) is 13.9. The van der Waals surface area contributed by atoms with Gasteiger partial charge in [-0.1, -0.05) is 46.8 Å². The predicted molar refractivity (Wildman–Crippen MR) is 183 cm³/mol. The van der Waals surface area contributed by atoms with E-state index in [1.54, 1.807) is 30.0 Å². The van der Waals surface area contributed by atoms with E-state index in [0.717, 1.165) is 59.8 Å². The summed E-state index contributed by atoms with van der Waals surface area (Å²) in [5, 5.41) is 6.60. The lowest BCUT2D eigenvalue weighted by molar-refractivity contribution is 0.0956. The highest BCUT2D eigenvalue weighted by Gasteiger charge is 2.21. The van der Waals surface area contributed by atoms with E-state index in [9.17, 15) is 9.59 Å². The Morgan fingerprint density at radius 1 is 0.978 bits per heavy atom. The summed E-state index contributed by atoms with van der Waals surface area (Å²) in [5.41, 5.74) is 1.28. The van der Waals surface area contributed by atoms with Crippen LogP contribution in [-0.4, -0.2) is 69.6 Å². The molecule has 0 aliphatic carbocycles. The van der Waals surface area contributed by atoms with Crippen molar-refractivity contribution in [1.82, 2.24) is 24.8 Å². The van der Waals surface area contributed by atoms with Crippen molar-refractivity contribution in [1.29, 1.82) is 0 Å². The van der Waals surface area contributed by atoms with Crippen LogP contribution in [0.25, 0.3) is 28.0 Å². The van der Waals surface area contributed by atoms with E-state index in [0.29, 0.717) is 35.3 Å². The number of carbonyl (C=O) groups is 1. The normalized spacial score (nSPS) is 11.0. The minimum absolute atomic E-state index is 0.0542. The molecule has 11 heteroatoms. The van der Waals surface area contributed by atoms with Gasteiger partial charge in [0.2, 0.25) is 5.95 Å². The lowest BCUT2D eigenvalue weighted by Gasteiger charge is -2.18. The first-order valence-electron chi connectivity index (χ1n) is 15.6. The van der Waals surface area contributed by atoms with Gasteiger partial charge in [0.1, 0.15) is 17.3 Å². The van der Waals surface area contributed by atoms with Crippen molar-refractivity contribution in [3.63, 3.8) is 0 Å². The van der Waals surface area contributed by atoms with Crippen LogP contribution < -0.4 is 16.2 Å². The third kappa shape index (κ3) is 8.88. The van der Waals surface area contributed by atoms with Crippen molar-refractivity contribution in [3.05, 3.63) is 81.6 Å². The molecule has 0 radical (unpaired) electrons. The second-order valence-electron chi connectivity index (χ2n) is 10.0. The SMILES string of the molecule is CC.CCSCCNC(=O)c1ccc(C)c(-c2nc(NCCCN(CC)CC)nc3c2ccc(=O)n3-c2c(F)cccc2F)c1. The number of hydrogen-bond acceptors (Lipinski definition) is 7. The average molecular weight is 639 g/mol. The molecule has 0 spiro atoms. The first-order chi connectivity index (χ1) is 21.8. The number of rotatable bonds is 14. The third-order valence-corrected chi connectivity index (χ3v) is 8.13. The number of carbonyl (C=O) groups excluding carboxylic acids is 1. The molecule has 45 heavy (non-hydrogen) atoms. The highest BCUT2D eigenvalue weighted by Crippen LogP contribution is 2.31. The Balaban J connectivity index is 0.00000271. The highest BCUT2D eigenvalue weighted by atomic mass is 32.2. The molecule has 0 unspecified atom stereocenters. The molecule has 2 aromatic heterocycles. The van der Waals surface area contributed by atoms with Crippen LogP contribution in [-0.2, 0) is 0 Å². The fourth-order valence-electron chi connectivity index (χ4n) is 4.86. The number of hydrogen-bond donors (Lipinski definition) is 2. The number of nitrogens with one attached hydrogen (secondary N) is 2. The Bertz CT molecular complexity index is 1620. The topological polar surface area (TPSA) is 92.2 Å². The molecule has 8 nitrogen and oxygen atoms in total. The number of anilines is 1. The van der Waals surface area contributed by atoms with Crippen LogP contribution in [0, 0.1) is 18.6 Å². The van der Waals surface area contributed by atoms with E-state index < -0.39 is 22.9 Å². The van der Waals surface area contributed by atoms with Crippen molar-refractivity contribution < 1.29 is 13.6 Å². The third-order valence-electron chi connectivity index (χ3n) is 7.23. The van der Waals surface area contributed by atoms with Crippen LogP contribution in [0.1, 0.15) is 57.0 Å². The fourth-order valence-corrected chi connectivity index (χ4v) is 5.40. The van der Waals surface area contributed by atoms with Crippen molar-refractivity contribution >= 4 is 34.7 Å². The molecule has 0 atom stereocenters. The number of amides is 1. The van der Waals surface area contributed by atoms with Crippen LogP contribution in [0.4, 0.5) is 14.7 Å². The summed E-state index contributed by atoms with van der Waals surface area (Å²) < 4.78 is 31.0. The summed E-state index contributed by atoms with van der Waals surface area (Å²) in [6.45, 7) is 16.0. The fraction of sp³-hybridized carbons (Fsp3) is 0.412. The van der Waals surface area contributed by atoms with Gasteiger partial charge in [-0.3, -0.25) is 14.2 Å². The van der Waals surface area contributed by atoms with Crippen LogP contribution in [0.2, 0.25) is 0 Å². The maximum Gasteiger partial charge on any atom is 0.256 e. The number of benzene rings is 2. The van der Waals surface area contributed by atoms with Crippen molar-refractivity contribution in [2.24, 2.45) is 0 Å². The molecule has 0 fully saturated rings. The molecule has 4 rings (SSSR count). The summed E-state index contributed by atoms with van der Waals surface area (Å²) in [5.74, 6) is 0.00352. The van der Waals surface area contributed by atoms with Crippen LogP contribution in [0.15, 0.2) is 53.3 Å². The average Bonchev–Trinajstić information content (AvgIpc) is 3.04. The smallest absolute Gasteiger partial charge is 0.256 e. The van der Waals surface area contributed by atoms with Gasteiger partial charge in [0.05, 0.1) is 5.69 Å². The molecule has 2 heterocycles. The summed E-state index contributed by atoms with van der Waals surface area (Å²) >= 11 is 1.74. The first-order valence-corrected chi connectivity index (χ1v) is 16.8. The minimum atomic E-state index is -0.889. The number of pyridine rings is 1. The predicted octanol–water partition coefficient (Wildman–Crippen LogP) is 6.69. The lowest BCUT2D eigenvalue weighted by atomic mass is 9.99. The van der Waals surface area contributed by atoms with Gasteiger partial charge >= 0.3 is 0 Å². The summed E-state index contributed by atoms with van der Waals surface area (Å²) in [6, 6.07) is 11.6. The number of thioether (sulfide) groups is 1. The Morgan fingerprint density at radius 3 is 2.36 bits per heavy atom. The van der Waals surface area contributed by atoms with E-state index >= 15 is 8.78 Å². The molecular formula is C34H44F2N6O2S. The van der Waals surface area contributed by atoms with E-state index in [4.69, 9.17) is 4.98 Å². The number of nitrogens with zero attached hydrogens (tertiary/aromatic N) is 4. The van der Waals surface area contributed by atoms with Gasteiger partial charge in [-0.05, 0) is 74.6 Å². The molecule has 0 saturated carbocycles. The van der Waals surface area contributed by atoms with E-state index in [-0.39, 0.29) is 17.5 Å². The molecule has 0 saturated heterocycles. The maximum atomic E-state index is 15.0. The number of para-hydroxylation sites is 1. The van der Waals surface area contributed by atoms with Gasteiger partial charge in [0, 0.05) is 41.4 Å². The largest absolute Gasteiger partial charge is 0.354 e. The molecule has 0 aliphatic heterocycles. The zero-order chi connectivity index (χ0) is 32.9. The molecule has 2 aromatic carbocycles. The zero-order valence-electron chi connectivity index (χ0n) is 27.0. The Labute approximate surface area is 268 Å². The first kappa shape index (κ1) is 35.6. The highest BCUT2D eigenvalue weighted by molar-refractivity contribution is 7.99. The molecule has 242 valence electrons. The Morgan fingerprint density at radius 2 is 1.69 bits per heavy atom. The van der Waals surface area contributed by atoms with E-state index in [2.05, 4.69) is 41.3 Å². The molecule has 0 bridgehead atoms. The van der Waals surface area contributed by atoms with E-state index in [1.165, 1.54) is 12.1 Å². The molecule has 2 N–H and O–H groups in total. The van der Waals surface area contributed by atoms with Gasteiger partial charge < -0.3 is 15.5 Å². The van der Waals surface area contributed by atoms with Gasteiger partial charge in [-0.2, -0.15) is 16.7 Å². The van der Waals surface area contributed by atoms with Crippen molar-refractivity contribution in [2.45, 2.75) is 48.0 Å². The summed E-state index contributed by atoms with van der Waals surface area (Å²) in [4.78, 5) is 37.8. The number of halogens is 2. The number of aryl methyl sites for hydroxylation is 1. The van der Waals surface area contributed by atoms with Gasteiger partial charge in [-0.25, -0.2) is 13.8 Å². The molecule has 1 amide bonds. The molecular weight excluding hydrogens is 594 g/mol. The van der Waals surface area contributed by atoms with Crippen LogP contribution in [0.5, 0.6) is 0 Å². The number of aromatic nitrogens is 3.